The molecule has 1 aliphatic heterocycles. The van der Waals surface area contributed by atoms with Crippen molar-refractivity contribution in [3.8, 4) is 0 Å². The average molecular weight is 433 g/mol. The zero-order valence-electron chi connectivity index (χ0n) is 17.7. The molecule has 3 rings (SSSR count). The molecule has 0 amide bonds. The minimum Gasteiger partial charge on any atom is -0.454 e. The van der Waals surface area contributed by atoms with E-state index in [1.807, 2.05) is 25.3 Å². The average Bonchev–Trinajstić information content (AvgIpc) is 3.05. The number of Topliss-reactive ketones (excluding diaryl/α,β-unsaturated/α-hetero) is 1. The summed E-state index contributed by atoms with van der Waals surface area (Å²) in [6.07, 6.45) is 2.69. The summed E-state index contributed by atoms with van der Waals surface area (Å²) in [5.41, 5.74) is 2.45. The molecule has 0 saturated carbocycles. The third-order valence-corrected chi connectivity index (χ3v) is 7.44. The maximum Gasteiger partial charge on any atom is 0.338 e. The van der Waals surface area contributed by atoms with Gasteiger partial charge in [-0.15, -0.1) is 0 Å². The first-order valence-electron chi connectivity index (χ1n) is 10.2. The third-order valence-electron chi connectivity index (χ3n) is 5.55. The molecule has 2 heterocycles. The van der Waals surface area contributed by atoms with E-state index in [9.17, 15) is 18.0 Å². The van der Waals surface area contributed by atoms with Crippen LogP contribution in [-0.4, -0.2) is 48.7 Å². The number of aromatic nitrogens is 1. The second-order valence-electron chi connectivity index (χ2n) is 7.52. The van der Waals surface area contributed by atoms with Crippen LogP contribution in [0, 0.1) is 13.8 Å². The van der Waals surface area contributed by atoms with Crippen LogP contribution in [0.25, 0.3) is 0 Å². The normalized spacial score (nSPS) is 15.2. The predicted octanol–water partition coefficient (Wildman–Crippen LogP) is 3.34. The van der Waals surface area contributed by atoms with Crippen LogP contribution < -0.4 is 0 Å². The van der Waals surface area contributed by atoms with Crippen molar-refractivity contribution in [3.05, 3.63) is 52.8 Å². The van der Waals surface area contributed by atoms with Crippen LogP contribution in [0.15, 0.2) is 35.2 Å². The molecule has 2 aromatic rings. The summed E-state index contributed by atoms with van der Waals surface area (Å²) in [5, 5.41) is 0. The molecule has 1 aromatic carbocycles. The number of hydrogen-bond donors (Lipinski definition) is 0. The maximum atomic E-state index is 12.8. The van der Waals surface area contributed by atoms with E-state index in [2.05, 4.69) is 0 Å². The summed E-state index contributed by atoms with van der Waals surface area (Å²) >= 11 is 0. The van der Waals surface area contributed by atoms with E-state index < -0.39 is 22.6 Å². The fraction of sp³-hybridized carbons (Fsp3) is 0.455. The predicted molar refractivity (Wildman–Crippen MR) is 113 cm³/mol. The van der Waals surface area contributed by atoms with Gasteiger partial charge in [0, 0.05) is 36.6 Å². The number of benzene rings is 1. The number of carbonyl (C=O) groups is 2. The SMILES string of the molecule is CCn1c(C)cc(C(=O)COC(=O)c2cccc(S(=O)(=O)N3CCCCC3)c2)c1C. The molecule has 8 heteroatoms. The molecular weight excluding hydrogens is 404 g/mol. The Hall–Kier alpha value is -2.45. The van der Waals surface area contributed by atoms with Gasteiger partial charge < -0.3 is 9.30 Å². The summed E-state index contributed by atoms with van der Waals surface area (Å²) in [7, 11) is -3.65. The molecule has 162 valence electrons. The zero-order chi connectivity index (χ0) is 21.9. The molecule has 30 heavy (non-hydrogen) atoms. The van der Waals surface area contributed by atoms with E-state index in [1.54, 1.807) is 6.07 Å². The van der Waals surface area contributed by atoms with Gasteiger partial charge in [0.25, 0.3) is 0 Å². The maximum absolute atomic E-state index is 12.8. The van der Waals surface area contributed by atoms with Crippen molar-refractivity contribution in [2.75, 3.05) is 19.7 Å². The van der Waals surface area contributed by atoms with Gasteiger partial charge in [-0.1, -0.05) is 12.5 Å². The highest BCUT2D eigenvalue weighted by molar-refractivity contribution is 7.89. The van der Waals surface area contributed by atoms with Crippen molar-refractivity contribution >= 4 is 21.8 Å². The molecule has 0 radical (unpaired) electrons. The number of nitrogens with zero attached hydrogens (tertiary/aromatic N) is 2. The van der Waals surface area contributed by atoms with Crippen molar-refractivity contribution in [3.63, 3.8) is 0 Å². The molecule has 7 nitrogen and oxygen atoms in total. The molecule has 0 atom stereocenters. The lowest BCUT2D eigenvalue weighted by atomic mass is 10.1. The van der Waals surface area contributed by atoms with Gasteiger partial charge in [-0.2, -0.15) is 4.31 Å². The topological polar surface area (TPSA) is 85.7 Å². The summed E-state index contributed by atoms with van der Waals surface area (Å²) in [5.74, 6) is -1.00. The number of aryl methyl sites for hydroxylation is 1. The van der Waals surface area contributed by atoms with Gasteiger partial charge in [-0.25, -0.2) is 13.2 Å². The third kappa shape index (κ3) is 4.49. The van der Waals surface area contributed by atoms with Crippen LogP contribution in [0.4, 0.5) is 0 Å². The highest BCUT2D eigenvalue weighted by atomic mass is 32.2. The minimum absolute atomic E-state index is 0.0664. The Morgan fingerprint density at radius 2 is 1.77 bits per heavy atom. The lowest BCUT2D eigenvalue weighted by Crippen LogP contribution is -2.35. The standard InChI is InChI=1S/C22H28N2O5S/c1-4-24-16(2)13-20(17(24)3)21(25)15-29-22(26)18-9-8-10-19(14-18)30(27,28)23-11-6-5-7-12-23/h8-10,13-14H,4-7,11-12,15H2,1-3H3. The number of carbonyl (C=O) groups excluding carboxylic acids is 2. The van der Waals surface area contributed by atoms with Crippen LogP contribution in [0.5, 0.6) is 0 Å². The second kappa shape index (κ2) is 9.14. The molecule has 1 aliphatic rings. The van der Waals surface area contributed by atoms with Crippen molar-refractivity contribution < 1.29 is 22.7 Å². The Bertz CT molecular complexity index is 1050. The lowest BCUT2D eigenvalue weighted by Gasteiger charge is -2.25. The van der Waals surface area contributed by atoms with E-state index in [-0.39, 0.29) is 16.2 Å². The summed E-state index contributed by atoms with van der Waals surface area (Å²) in [6, 6.07) is 7.60. The molecule has 1 saturated heterocycles. The van der Waals surface area contributed by atoms with Gasteiger partial charge in [0.1, 0.15) is 0 Å². The van der Waals surface area contributed by atoms with Gasteiger partial charge in [-0.05, 0) is 57.9 Å². The van der Waals surface area contributed by atoms with Crippen LogP contribution in [-0.2, 0) is 21.3 Å². The number of sulfonamides is 1. The van der Waals surface area contributed by atoms with Gasteiger partial charge in [-0.3, -0.25) is 4.79 Å². The first-order chi connectivity index (χ1) is 14.3. The Labute approximate surface area is 177 Å². The zero-order valence-corrected chi connectivity index (χ0v) is 18.5. The molecule has 1 fully saturated rings. The monoisotopic (exact) mass is 432 g/mol. The Kier molecular flexibility index (Phi) is 6.77. The van der Waals surface area contributed by atoms with E-state index in [1.165, 1.54) is 28.6 Å². The number of rotatable bonds is 7. The molecule has 0 bridgehead atoms. The fourth-order valence-electron chi connectivity index (χ4n) is 3.90. The largest absolute Gasteiger partial charge is 0.454 e. The van der Waals surface area contributed by atoms with Crippen molar-refractivity contribution in [2.45, 2.75) is 51.5 Å². The Morgan fingerprint density at radius 3 is 2.40 bits per heavy atom. The quantitative estimate of drug-likeness (QED) is 0.495. The minimum atomic E-state index is -3.65. The Morgan fingerprint density at radius 1 is 1.07 bits per heavy atom. The Balaban J connectivity index is 1.70. The number of hydrogen-bond acceptors (Lipinski definition) is 5. The van der Waals surface area contributed by atoms with E-state index in [0.29, 0.717) is 18.7 Å². The smallest absolute Gasteiger partial charge is 0.338 e. The number of ether oxygens (including phenoxy) is 1. The lowest BCUT2D eigenvalue weighted by molar-refractivity contribution is 0.0474. The van der Waals surface area contributed by atoms with Gasteiger partial charge >= 0.3 is 5.97 Å². The summed E-state index contributed by atoms with van der Waals surface area (Å²) in [6.45, 7) is 7.12. The molecule has 0 spiro atoms. The number of piperidine rings is 1. The summed E-state index contributed by atoms with van der Waals surface area (Å²) in [4.78, 5) is 25.0. The van der Waals surface area contributed by atoms with Crippen LogP contribution in [0.2, 0.25) is 0 Å². The van der Waals surface area contributed by atoms with E-state index >= 15 is 0 Å². The van der Waals surface area contributed by atoms with Gasteiger partial charge in [0.15, 0.2) is 6.61 Å². The number of ketones is 1. The highest BCUT2D eigenvalue weighted by Gasteiger charge is 2.27. The fourth-order valence-corrected chi connectivity index (χ4v) is 5.46. The molecule has 0 aliphatic carbocycles. The van der Waals surface area contributed by atoms with Crippen molar-refractivity contribution in [1.82, 2.24) is 8.87 Å². The molecule has 1 aromatic heterocycles. The first-order valence-corrected chi connectivity index (χ1v) is 11.7. The number of esters is 1. The van der Waals surface area contributed by atoms with E-state index in [0.717, 1.165) is 37.2 Å². The highest BCUT2D eigenvalue weighted by Crippen LogP contribution is 2.22. The van der Waals surface area contributed by atoms with Crippen LogP contribution in [0.1, 0.15) is 58.3 Å². The molecular formula is C22H28N2O5S. The molecule has 0 unspecified atom stereocenters. The summed E-state index contributed by atoms with van der Waals surface area (Å²) < 4.78 is 34.3. The van der Waals surface area contributed by atoms with Crippen molar-refractivity contribution in [2.24, 2.45) is 0 Å². The first kappa shape index (κ1) is 22.2. The van der Waals surface area contributed by atoms with Gasteiger partial charge in [0.05, 0.1) is 10.5 Å². The second-order valence-corrected chi connectivity index (χ2v) is 9.46. The van der Waals surface area contributed by atoms with Crippen LogP contribution >= 0.6 is 0 Å². The van der Waals surface area contributed by atoms with Crippen molar-refractivity contribution in [1.29, 1.82) is 0 Å². The molecule has 0 N–H and O–H groups in total. The van der Waals surface area contributed by atoms with Crippen LogP contribution in [0.3, 0.4) is 0 Å². The van der Waals surface area contributed by atoms with E-state index in [4.69, 9.17) is 4.74 Å². The van der Waals surface area contributed by atoms with Gasteiger partial charge in [0.2, 0.25) is 15.8 Å².